The van der Waals surface area contributed by atoms with E-state index >= 15 is 0 Å². The maximum atomic E-state index is 5.61. The SMILES string of the molecule is C[C@H]1CCCCN1Cc1cnc(N)s1. The van der Waals surface area contributed by atoms with E-state index in [9.17, 15) is 0 Å². The molecule has 1 aromatic rings. The summed E-state index contributed by atoms with van der Waals surface area (Å²) in [6.45, 7) is 4.55. The number of rotatable bonds is 2. The highest BCUT2D eigenvalue weighted by Crippen LogP contribution is 2.22. The van der Waals surface area contributed by atoms with Gasteiger partial charge in [0.05, 0.1) is 0 Å². The molecule has 0 unspecified atom stereocenters. The van der Waals surface area contributed by atoms with Crippen LogP contribution >= 0.6 is 11.3 Å². The van der Waals surface area contributed by atoms with Gasteiger partial charge >= 0.3 is 0 Å². The Morgan fingerprint density at radius 3 is 3.14 bits per heavy atom. The number of hydrogen-bond donors (Lipinski definition) is 1. The van der Waals surface area contributed by atoms with Gasteiger partial charge in [0.25, 0.3) is 0 Å². The lowest BCUT2D eigenvalue weighted by Crippen LogP contribution is -2.36. The van der Waals surface area contributed by atoms with Crippen LogP contribution in [-0.4, -0.2) is 22.5 Å². The van der Waals surface area contributed by atoms with Crippen LogP contribution in [0.15, 0.2) is 6.20 Å². The third kappa shape index (κ3) is 2.25. The molecule has 0 aromatic carbocycles. The highest BCUT2D eigenvalue weighted by atomic mass is 32.1. The summed E-state index contributed by atoms with van der Waals surface area (Å²) >= 11 is 1.61. The average Bonchev–Trinajstić information content (AvgIpc) is 2.56. The summed E-state index contributed by atoms with van der Waals surface area (Å²) in [6, 6.07) is 0.715. The first-order valence-corrected chi connectivity index (χ1v) is 6.01. The molecule has 2 heterocycles. The van der Waals surface area contributed by atoms with Crippen molar-refractivity contribution in [3.8, 4) is 0 Å². The van der Waals surface area contributed by atoms with E-state index in [1.54, 1.807) is 11.3 Å². The van der Waals surface area contributed by atoms with Gasteiger partial charge in [0.15, 0.2) is 5.13 Å². The van der Waals surface area contributed by atoms with Gasteiger partial charge in [0, 0.05) is 23.7 Å². The Bertz CT molecular complexity index is 297. The van der Waals surface area contributed by atoms with Crippen LogP contribution in [0.2, 0.25) is 0 Å². The van der Waals surface area contributed by atoms with Gasteiger partial charge < -0.3 is 5.73 Å². The molecule has 1 aliphatic rings. The maximum absolute atomic E-state index is 5.61. The molecule has 1 aromatic heterocycles. The van der Waals surface area contributed by atoms with Crippen molar-refractivity contribution in [3.63, 3.8) is 0 Å². The molecule has 0 spiro atoms. The maximum Gasteiger partial charge on any atom is 0.180 e. The van der Waals surface area contributed by atoms with Crippen LogP contribution in [0.3, 0.4) is 0 Å². The number of nitrogen functional groups attached to an aromatic ring is 1. The van der Waals surface area contributed by atoms with Crippen molar-refractivity contribution in [2.24, 2.45) is 0 Å². The number of aromatic nitrogens is 1. The lowest BCUT2D eigenvalue weighted by atomic mass is 10.0. The van der Waals surface area contributed by atoms with E-state index in [1.807, 2.05) is 6.20 Å². The van der Waals surface area contributed by atoms with Crippen molar-refractivity contribution in [2.45, 2.75) is 38.8 Å². The molecule has 2 rings (SSSR count). The number of nitrogens with zero attached hydrogens (tertiary/aromatic N) is 2. The molecule has 3 nitrogen and oxygen atoms in total. The fourth-order valence-electron chi connectivity index (χ4n) is 1.99. The highest BCUT2D eigenvalue weighted by molar-refractivity contribution is 7.15. The van der Waals surface area contributed by atoms with Crippen molar-refractivity contribution in [1.29, 1.82) is 0 Å². The minimum absolute atomic E-state index is 0.685. The Morgan fingerprint density at radius 2 is 2.50 bits per heavy atom. The van der Waals surface area contributed by atoms with Crippen molar-refractivity contribution in [2.75, 3.05) is 12.3 Å². The number of nitrogens with two attached hydrogens (primary N) is 1. The van der Waals surface area contributed by atoms with Gasteiger partial charge in [0.2, 0.25) is 0 Å². The second kappa shape index (κ2) is 4.28. The normalized spacial score (nSPS) is 23.9. The summed E-state index contributed by atoms with van der Waals surface area (Å²) < 4.78 is 0. The molecule has 0 amide bonds. The smallest absolute Gasteiger partial charge is 0.180 e. The standard InChI is InChI=1S/C10H17N3S/c1-8-4-2-3-5-13(8)7-9-6-12-10(11)14-9/h6,8H,2-5,7H2,1H3,(H2,11,12)/t8-/m0/s1. The van der Waals surface area contributed by atoms with Crippen molar-refractivity contribution < 1.29 is 0 Å². The predicted octanol–water partition coefficient (Wildman–Crippen LogP) is 2.10. The molecule has 4 heteroatoms. The molecule has 1 fully saturated rings. The Hall–Kier alpha value is -0.610. The van der Waals surface area contributed by atoms with Crippen LogP contribution in [0.5, 0.6) is 0 Å². The zero-order valence-corrected chi connectivity index (χ0v) is 9.39. The fraction of sp³-hybridized carbons (Fsp3) is 0.700. The molecule has 0 radical (unpaired) electrons. The number of thiazole rings is 1. The molecule has 1 saturated heterocycles. The van der Waals surface area contributed by atoms with Gasteiger partial charge in [-0.25, -0.2) is 4.98 Å². The van der Waals surface area contributed by atoms with E-state index in [1.165, 1.54) is 30.7 Å². The van der Waals surface area contributed by atoms with Gasteiger partial charge in [-0.1, -0.05) is 6.42 Å². The third-order valence-corrected chi connectivity index (χ3v) is 3.68. The summed E-state index contributed by atoms with van der Waals surface area (Å²) in [7, 11) is 0. The van der Waals surface area contributed by atoms with Crippen molar-refractivity contribution in [1.82, 2.24) is 9.88 Å². The minimum Gasteiger partial charge on any atom is -0.375 e. The second-order valence-corrected chi connectivity index (χ2v) is 5.13. The molecular formula is C10H17N3S. The molecule has 1 atom stereocenters. The first kappa shape index (κ1) is 9.93. The monoisotopic (exact) mass is 211 g/mol. The zero-order chi connectivity index (χ0) is 9.97. The van der Waals surface area contributed by atoms with E-state index in [-0.39, 0.29) is 0 Å². The molecule has 14 heavy (non-hydrogen) atoms. The summed E-state index contributed by atoms with van der Waals surface area (Å²) in [5.74, 6) is 0. The van der Waals surface area contributed by atoms with E-state index in [4.69, 9.17) is 5.73 Å². The summed E-state index contributed by atoms with van der Waals surface area (Å²) in [5.41, 5.74) is 5.61. The number of piperidine rings is 1. The Balaban J connectivity index is 1.95. The molecule has 2 N–H and O–H groups in total. The lowest BCUT2D eigenvalue weighted by Gasteiger charge is -2.32. The number of likely N-dealkylation sites (tertiary alicyclic amines) is 1. The Labute approximate surface area is 88.9 Å². The number of hydrogen-bond acceptors (Lipinski definition) is 4. The van der Waals surface area contributed by atoms with Crippen molar-refractivity contribution in [3.05, 3.63) is 11.1 Å². The first-order valence-electron chi connectivity index (χ1n) is 5.20. The van der Waals surface area contributed by atoms with Crippen LogP contribution < -0.4 is 5.73 Å². The van der Waals surface area contributed by atoms with Gasteiger partial charge in [0.1, 0.15) is 0 Å². The Morgan fingerprint density at radius 1 is 1.64 bits per heavy atom. The van der Waals surface area contributed by atoms with E-state index in [0.717, 1.165) is 6.54 Å². The van der Waals surface area contributed by atoms with Crippen LogP contribution in [0.4, 0.5) is 5.13 Å². The van der Waals surface area contributed by atoms with Gasteiger partial charge in [-0.3, -0.25) is 4.90 Å². The van der Waals surface area contributed by atoms with E-state index < -0.39 is 0 Å². The minimum atomic E-state index is 0.685. The van der Waals surface area contributed by atoms with E-state index in [2.05, 4.69) is 16.8 Å². The largest absolute Gasteiger partial charge is 0.375 e. The molecule has 0 aliphatic carbocycles. The zero-order valence-electron chi connectivity index (χ0n) is 8.57. The summed E-state index contributed by atoms with van der Waals surface area (Å²) in [4.78, 5) is 7.89. The predicted molar refractivity (Wildman–Crippen MR) is 60.2 cm³/mol. The molecular weight excluding hydrogens is 194 g/mol. The highest BCUT2D eigenvalue weighted by Gasteiger charge is 2.18. The topological polar surface area (TPSA) is 42.2 Å². The van der Waals surface area contributed by atoms with Crippen molar-refractivity contribution >= 4 is 16.5 Å². The van der Waals surface area contributed by atoms with Crippen LogP contribution in [0.25, 0.3) is 0 Å². The molecule has 0 saturated carbocycles. The lowest BCUT2D eigenvalue weighted by molar-refractivity contribution is 0.154. The molecule has 78 valence electrons. The van der Waals surface area contributed by atoms with Crippen LogP contribution in [0.1, 0.15) is 31.1 Å². The summed E-state index contributed by atoms with van der Waals surface area (Å²) in [6.07, 6.45) is 5.94. The third-order valence-electron chi connectivity index (χ3n) is 2.87. The fourth-order valence-corrected chi connectivity index (χ4v) is 2.70. The van der Waals surface area contributed by atoms with Gasteiger partial charge in [-0.15, -0.1) is 11.3 Å². The average molecular weight is 211 g/mol. The van der Waals surface area contributed by atoms with Gasteiger partial charge in [-0.05, 0) is 26.3 Å². The molecule has 1 aliphatic heterocycles. The van der Waals surface area contributed by atoms with E-state index in [0.29, 0.717) is 11.2 Å². The van der Waals surface area contributed by atoms with Crippen LogP contribution in [-0.2, 0) is 6.54 Å². The number of anilines is 1. The molecule has 0 bridgehead atoms. The second-order valence-electron chi connectivity index (χ2n) is 3.98. The Kier molecular flexibility index (Phi) is 3.03. The quantitative estimate of drug-likeness (QED) is 0.814. The van der Waals surface area contributed by atoms with Crippen LogP contribution in [0, 0.1) is 0 Å². The van der Waals surface area contributed by atoms with Gasteiger partial charge in [-0.2, -0.15) is 0 Å². The first-order chi connectivity index (χ1) is 6.75. The summed E-state index contributed by atoms with van der Waals surface area (Å²) in [5, 5.41) is 0.685.